The second kappa shape index (κ2) is 9.99. The van der Waals surface area contributed by atoms with Gasteiger partial charge < -0.3 is 0 Å². The Balaban J connectivity index is 1.20. The van der Waals surface area contributed by atoms with E-state index in [2.05, 4.69) is 48.5 Å². The molecule has 212 valence electrons. The number of thiophene rings is 1. The van der Waals surface area contributed by atoms with Gasteiger partial charge in [0.15, 0.2) is 0 Å². The van der Waals surface area contributed by atoms with Gasteiger partial charge in [-0.15, -0.1) is 11.3 Å². The molecule has 7 aromatic rings. The molecule has 0 unspecified atom stereocenters. The lowest BCUT2D eigenvalue weighted by molar-refractivity contribution is -0.143. The fourth-order valence-corrected chi connectivity index (χ4v) is 6.57. The van der Waals surface area contributed by atoms with Crippen molar-refractivity contribution < 1.29 is 26.3 Å². The predicted molar refractivity (Wildman–Crippen MR) is 163 cm³/mol. The standard InChI is InChI=1S/C36H20F6S/c37-35(38,39)29-17-28(18-30(20-29)36(40,41)42)26-12-11-24-15-23(9-10-25(24)16-26)21-5-7-22(8-6-21)27-13-14-34-32(19-27)31-3-1-2-4-33(31)43-34/h1-20H. The normalized spacial score (nSPS) is 12.4. The summed E-state index contributed by atoms with van der Waals surface area (Å²) in [4.78, 5) is 0. The summed E-state index contributed by atoms with van der Waals surface area (Å²) in [5.74, 6) is 0. The largest absolute Gasteiger partial charge is 0.416 e. The van der Waals surface area contributed by atoms with E-state index in [1.165, 1.54) is 20.2 Å². The van der Waals surface area contributed by atoms with Crippen LogP contribution in [0.2, 0.25) is 0 Å². The lowest BCUT2D eigenvalue weighted by atomic mass is 9.95. The van der Waals surface area contributed by atoms with Crippen LogP contribution in [0.5, 0.6) is 0 Å². The molecule has 0 N–H and O–H groups in total. The molecule has 0 aliphatic rings. The van der Waals surface area contributed by atoms with Gasteiger partial charge in [0.25, 0.3) is 0 Å². The number of benzene rings is 6. The summed E-state index contributed by atoms with van der Waals surface area (Å²) >= 11 is 1.78. The minimum Gasteiger partial charge on any atom is -0.166 e. The van der Waals surface area contributed by atoms with Crippen molar-refractivity contribution in [2.75, 3.05) is 0 Å². The van der Waals surface area contributed by atoms with Crippen LogP contribution in [-0.4, -0.2) is 0 Å². The molecular formula is C36H20F6S. The fourth-order valence-electron chi connectivity index (χ4n) is 5.49. The molecule has 0 bridgehead atoms. The Labute approximate surface area is 246 Å². The number of hydrogen-bond donors (Lipinski definition) is 0. The van der Waals surface area contributed by atoms with Gasteiger partial charge in [0.05, 0.1) is 11.1 Å². The molecule has 0 fully saturated rings. The summed E-state index contributed by atoms with van der Waals surface area (Å²) in [6.45, 7) is 0. The summed E-state index contributed by atoms with van der Waals surface area (Å²) < 4.78 is 82.7. The van der Waals surface area contributed by atoms with Crippen LogP contribution in [0.15, 0.2) is 121 Å². The van der Waals surface area contributed by atoms with Crippen LogP contribution in [0, 0.1) is 0 Å². The minimum atomic E-state index is -4.90. The SMILES string of the molecule is FC(F)(F)c1cc(-c2ccc3cc(-c4ccc(-c5ccc6sc7ccccc7c6c5)cc4)ccc3c2)cc(C(F)(F)F)c1. The van der Waals surface area contributed by atoms with Crippen molar-refractivity contribution in [1.29, 1.82) is 0 Å². The Kier molecular flexibility index (Phi) is 6.32. The zero-order valence-electron chi connectivity index (χ0n) is 22.2. The molecule has 6 aromatic carbocycles. The van der Waals surface area contributed by atoms with Crippen molar-refractivity contribution in [1.82, 2.24) is 0 Å². The van der Waals surface area contributed by atoms with Crippen LogP contribution < -0.4 is 0 Å². The van der Waals surface area contributed by atoms with Gasteiger partial charge in [-0.2, -0.15) is 26.3 Å². The summed E-state index contributed by atoms with van der Waals surface area (Å²) in [5.41, 5.74) is 1.62. The molecule has 0 radical (unpaired) electrons. The van der Waals surface area contributed by atoms with Crippen LogP contribution in [0.3, 0.4) is 0 Å². The number of halogens is 6. The zero-order valence-corrected chi connectivity index (χ0v) is 23.0. The van der Waals surface area contributed by atoms with Crippen LogP contribution in [0.25, 0.3) is 64.3 Å². The number of rotatable bonds is 3. The molecule has 0 spiro atoms. The second-order valence-electron chi connectivity index (χ2n) is 10.5. The Bertz CT molecular complexity index is 2120. The number of fused-ring (bicyclic) bond motifs is 4. The van der Waals surface area contributed by atoms with Gasteiger partial charge in [-0.25, -0.2) is 0 Å². The molecule has 0 aliphatic heterocycles. The average Bonchev–Trinajstić information content (AvgIpc) is 3.37. The third kappa shape index (κ3) is 5.14. The Hall–Kier alpha value is -4.62. The van der Waals surface area contributed by atoms with Crippen molar-refractivity contribution in [2.45, 2.75) is 12.4 Å². The molecule has 0 saturated heterocycles. The summed E-state index contributed by atoms with van der Waals surface area (Å²) in [7, 11) is 0. The van der Waals surface area contributed by atoms with Crippen molar-refractivity contribution >= 4 is 42.3 Å². The summed E-state index contributed by atoms with van der Waals surface area (Å²) in [5, 5.41) is 4.01. The van der Waals surface area contributed by atoms with Crippen molar-refractivity contribution in [3.8, 4) is 33.4 Å². The van der Waals surface area contributed by atoms with Crippen molar-refractivity contribution in [3.05, 3.63) is 132 Å². The maximum absolute atomic E-state index is 13.4. The minimum absolute atomic E-state index is 0.141. The summed E-state index contributed by atoms with van der Waals surface area (Å²) in [6, 6.07) is 35.3. The van der Waals surface area contributed by atoms with E-state index in [4.69, 9.17) is 0 Å². The van der Waals surface area contributed by atoms with Crippen LogP contribution in [0.1, 0.15) is 11.1 Å². The van der Waals surface area contributed by atoms with Gasteiger partial charge >= 0.3 is 12.4 Å². The van der Waals surface area contributed by atoms with E-state index >= 15 is 0 Å². The lowest BCUT2D eigenvalue weighted by Gasteiger charge is -2.15. The highest BCUT2D eigenvalue weighted by Crippen LogP contribution is 2.40. The highest BCUT2D eigenvalue weighted by molar-refractivity contribution is 7.25. The fraction of sp³-hybridized carbons (Fsp3) is 0.0556. The van der Waals surface area contributed by atoms with Gasteiger partial charge in [-0.1, -0.05) is 72.8 Å². The molecule has 43 heavy (non-hydrogen) atoms. The van der Waals surface area contributed by atoms with Crippen LogP contribution in [0.4, 0.5) is 26.3 Å². The van der Waals surface area contributed by atoms with E-state index in [1.807, 2.05) is 36.4 Å². The van der Waals surface area contributed by atoms with Crippen molar-refractivity contribution in [3.63, 3.8) is 0 Å². The molecule has 0 nitrogen and oxygen atoms in total. The van der Waals surface area contributed by atoms with Gasteiger partial charge in [0.1, 0.15) is 0 Å². The smallest absolute Gasteiger partial charge is 0.166 e. The molecule has 0 saturated carbocycles. The van der Waals surface area contributed by atoms with Gasteiger partial charge in [-0.3, -0.25) is 0 Å². The van der Waals surface area contributed by atoms with Crippen LogP contribution in [-0.2, 0) is 12.4 Å². The van der Waals surface area contributed by atoms with Gasteiger partial charge in [-0.05, 0) is 92.7 Å². The third-order valence-corrected chi connectivity index (χ3v) is 8.84. The molecular weight excluding hydrogens is 578 g/mol. The van der Waals surface area contributed by atoms with E-state index in [0.29, 0.717) is 5.39 Å². The Morgan fingerprint density at radius 1 is 0.372 bits per heavy atom. The predicted octanol–water partition coefficient (Wildman–Crippen LogP) is 12.2. The first kappa shape index (κ1) is 27.2. The first-order valence-corrected chi connectivity index (χ1v) is 14.2. The van der Waals surface area contributed by atoms with Crippen LogP contribution >= 0.6 is 11.3 Å². The van der Waals surface area contributed by atoms with E-state index in [-0.39, 0.29) is 17.2 Å². The molecule has 1 aromatic heterocycles. The molecule has 7 rings (SSSR count). The molecule has 0 aliphatic carbocycles. The number of alkyl halides is 6. The van der Waals surface area contributed by atoms with E-state index < -0.39 is 23.5 Å². The molecule has 0 amide bonds. The Morgan fingerprint density at radius 2 is 0.837 bits per heavy atom. The average molecular weight is 599 g/mol. The Morgan fingerprint density at radius 3 is 1.42 bits per heavy atom. The molecule has 7 heteroatoms. The first-order chi connectivity index (χ1) is 20.5. The summed E-state index contributed by atoms with van der Waals surface area (Å²) in [6.07, 6.45) is -9.80. The maximum Gasteiger partial charge on any atom is 0.416 e. The molecule has 1 heterocycles. The van der Waals surface area contributed by atoms with Gasteiger partial charge in [0, 0.05) is 20.2 Å². The highest BCUT2D eigenvalue weighted by atomic mass is 32.1. The van der Waals surface area contributed by atoms with E-state index in [9.17, 15) is 26.3 Å². The van der Waals surface area contributed by atoms with Gasteiger partial charge in [0.2, 0.25) is 0 Å². The quantitative estimate of drug-likeness (QED) is 0.178. The van der Waals surface area contributed by atoms with Crippen molar-refractivity contribution in [2.24, 2.45) is 0 Å². The second-order valence-corrected chi connectivity index (χ2v) is 11.5. The monoisotopic (exact) mass is 598 g/mol. The topological polar surface area (TPSA) is 0 Å². The van der Waals surface area contributed by atoms with E-state index in [0.717, 1.165) is 39.8 Å². The highest BCUT2D eigenvalue weighted by Gasteiger charge is 2.37. The molecule has 0 atom stereocenters. The maximum atomic E-state index is 13.4. The number of hydrogen-bond acceptors (Lipinski definition) is 1. The first-order valence-electron chi connectivity index (χ1n) is 13.4. The third-order valence-electron chi connectivity index (χ3n) is 7.69. The van der Waals surface area contributed by atoms with E-state index in [1.54, 1.807) is 29.5 Å². The zero-order chi connectivity index (χ0) is 29.9. The lowest BCUT2D eigenvalue weighted by Crippen LogP contribution is -2.11.